The topological polar surface area (TPSA) is 81.6 Å². The Labute approximate surface area is 163 Å². The summed E-state index contributed by atoms with van der Waals surface area (Å²) < 4.78 is 13.1. The lowest BCUT2D eigenvalue weighted by molar-refractivity contribution is 0.139. The zero-order valence-corrected chi connectivity index (χ0v) is 15.7. The van der Waals surface area contributed by atoms with E-state index >= 15 is 0 Å². The molecule has 2 aliphatic rings. The van der Waals surface area contributed by atoms with Crippen molar-refractivity contribution in [3.05, 3.63) is 46.9 Å². The molecule has 7 nitrogen and oxygen atoms in total. The first kappa shape index (κ1) is 18.5. The van der Waals surface area contributed by atoms with Crippen LogP contribution < -0.4 is 10.2 Å². The van der Waals surface area contributed by atoms with Crippen LogP contribution in [0.3, 0.4) is 0 Å². The zero-order valence-electron chi connectivity index (χ0n) is 15.7. The maximum Gasteiger partial charge on any atom is 0.407 e. The molecular formula is C20H24FN5O2. The molecule has 8 heteroatoms. The monoisotopic (exact) mass is 385 g/mol. The molecule has 0 saturated carbocycles. The van der Waals surface area contributed by atoms with Crippen LogP contribution in [0.15, 0.2) is 24.3 Å². The molecule has 0 bridgehead atoms. The number of hydrogen-bond acceptors (Lipinski definition) is 5. The number of fused-ring (bicyclic) bond motifs is 1. The lowest BCUT2D eigenvalue weighted by atomic mass is 10.1. The first-order valence-corrected chi connectivity index (χ1v) is 9.71. The quantitative estimate of drug-likeness (QED) is 0.841. The molecule has 1 saturated heterocycles. The van der Waals surface area contributed by atoms with E-state index in [-0.39, 0.29) is 12.4 Å². The zero-order chi connectivity index (χ0) is 19.5. The van der Waals surface area contributed by atoms with E-state index in [0.29, 0.717) is 25.5 Å². The first-order chi connectivity index (χ1) is 13.6. The van der Waals surface area contributed by atoms with Gasteiger partial charge in [-0.3, -0.25) is 0 Å². The minimum absolute atomic E-state index is 0.260. The number of nitrogens with one attached hydrogen (secondary N) is 1. The van der Waals surface area contributed by atoms with Gasteiger partial charge in [0.05, 0.1) is 12.2 Å². The average molecular weight is 385 g/mol. The Balaban J connectivity index is 1.62. The minimum Gasteiger partial charge on any atom is -0.465 e. The van der Waals surface area contributed by atoms with Crippen molar-refractivity contribution in [2.75, 3.05) is 29.9 Å². The molecule has 1 fully saturated rings. The number of aromatic nitrogens is 2. The van der Waals surface area contributed by atoms with E-state index in [2.05, 4.69) is 10.2 Å². The van der Waals surface area contributed by atoms with Gasteiger partial charge in [0.1, 0.15) is 11.6 Å². The fraction of sp³-hybridized carbons (Fsp3) is 0.450. The molecule has 28 heavy (non-hydrogen) atoms. The molecule has 2 N–H and O–H groups in total. The summed E-state index contributed by atoms with van der Waals surface area (Å²) in [7, 11) is 0. The van der Waals surface area contributed by atoms with Crippen LogP contribution >= 0.6 is 0 Å². The Morgan fingerprint density at radius 1 is 1.11 bits per heavy atom. The number of anilines is 2. The molecule has 0 radical (unpaired) electrons. The molecule has 0 aliphatic carbocycles. The van der Waals surface area contributed by atoms with Crippen molar-refractivity contribution < 1.29 is 14.3 Å². The second kappa shape index (κ2) is 8.00. The number of carbonyl (C=O) groups is 1. The molecule has 3 heterocycles. The van der Waals surface area contributed by atoms with Gasteiger partial charge in [0.2, 0.25) is 5.95 Å². The number of carboxylic acid groups (broad SMARTS) is 1. The maximum absolute atomic E-state index is 13.1. The fourth-order valence-corrected chi connectivity index (χ4v) is 3.75. The summed E-state index contributed by atoms with van der Waals surface area (Å²) in [6.45, 7) is 3.06. The van der Waals surface area contributed by atoms with E-state index in [0.717, 1.165) is 48.6 Å². The highest BCUT2D eigenvalue weighted by Crippen LogP contribution is 2.28. The van der Waals surface area contributed by atoms with Crippen molar-refractivity contribution >= 4 is 17.9 Å². The molecule has 0 atom stereocenters. The summed E-state index contributed by atoms with van der Waals surface area (Å²) in [4.78, 5) is 24.5. The molecule has 2 aliphatic heterocycles. The van der Waals surface area contributed by atoms with Gasteiger partial charge in [0.15, 0.2) is 0 Å². The highest BCUT2D eigenvalue weighted by atomic mass is 19.1. The SMILES string of the molecule is O=C(O)N1CCc2c(nc(N3CCCCC3)nc2NCc2ccc(F)cc2)C1. The van der Waals surface area contributed by atoms with Crippen molar-refractivity contribution in [3.8, 4) is 0 Å². The smallest absolute Gasteiger partial charge is 0.407 e. The summed E-state index contributed by atoms with van der Waals surface area (Å²) in [6.07, 6.45) is 3.09. The van der Waals surface area contributed by atoms with Crippen LogP contribution in [0.5, 0.6) is 0 Å². The van der Waals surface area contributed by atoms with Gasteiger partial charge < -0.3 is 20.2 Å². The molecule has 1 aromatic heterocycles. The molecule has 0 spiro atoms. The largest absolute Gasteiger partial charge is 0.465 e. The molecule has 0 unspecified atom stereocenters. The van der Waals surface area contributed by atoms with Crippen LogP contribution in [0, 0.1) is 5.82 Å². The van der Waals surface area contributed by atoms with Crippen molar-refractivity contribution in [3.63, 3.8) is 0 Å². The van der Waals surface area contributed by atoms with Crippen LogP contribution in [-0.4, -0.2) is 45.7 Å². The van der Waals surface area contributed by atoms with E-state index in [9.17, 15) is 14.3 Å². The third-order valence-electron chi connectivity index (χ3n) is 5.34. The van der Waals surface area contributed by atoms with Crippen molar-refractivity contribution in [2.45, 2.75) is 38.8 Å². The maximum atomic E-state index is 13.1. The summed E-state index contributed by atoms with van der Waals surface area (Å²) in [5.74, 6) is 1.15. The van der Waals surface area contributed by atoms with Gasteiger partial charge in [-0.1, -0.05) is 12.1 Å². The van der Waals surface area contributed by atoms with E-state index in [1.165, 1.54) is 23.5 Å². The lowest BCUT2D eigenvalue weighted by Crippen LogP contribution is -2.37. The standard InChI is InChI=1S/C20H24FN5O2/c21-15-6-4-14(5-7-15)12-22-18-16-8-11-26(20(27)28)13-17(16)23-19(24-18)25-9-2-1-3-10-25/h4-7H,1-3,8-13H2,(H,27,28)(H,22,23,24). The number of amides is 1. The van der Waals surface area contributed by atoms with Crippen molar-refractivity contribution in [1.82, 2.24) is 14.9 Å². The van der Waals surface area contributed by atoms with Gasteiger partial charge in [0, 0.05) is 31.7 Å². The highest BCUT2D eigenvalue weighted by molar-refractivity contribution is 5.66. The number of rotatable bonds is 4. The Morgan fingerprint density at radius 2 is 1.86 bits per heavy atom. The molecule has 1 aromatic carbocycles. The van der Waals surface area contributed by atoms with E-state index in [1.54, 1.807) is 12.1 Å². The Kier molecular flexibility index (Phi) is 5.27. The van der Waals surface area contributed by atoms with Gasteiger partial charge in [-0.15, -0.1) is 0 Å². The number of hydrogen-bond donors (Lipinski definition) is 2. The molecule has 148 valence electrons. The van der Waals surface area contributed by atoms with Gasteiger partial charge in [-0.25, -0.2) is 14.2 Å². The number of benzene rings is 1. The summed E-state index contributed by atoms with van der Waals surface area (Å²) in [5, 5.41) is 12.7. The van der Waals surface area contributed by atoms with Crippen molar-refractivity contribution in [2.24, 2.45) is 0 Å². The van der Waals surface area contributed by atoms with Gasteiger partial charge in [-0.2, -0.15) is 4.98 Å². The van der Waals surface area contributed by atoms with E-state index in [1.807, 2.05) is 0 Å². The number of nitrogens with zero attached hydrogens (tertiary/aromatic N) is 4. The Hall–Kier alpha value is -2.90. The normalized spacial score (nSPS) is 16.6. The van der Waals surface area contributed by atoms with Gasteiger partial charge >= 0.3 is 6.09 Å². The Morgan fingerprint density at radius 3 is 2.57 bits per heavy atom. The number of piperidine rings is 1. The van der Waals surface area contributed by atoms with Crippen molar-refractivity contribution in [1.29, 1.82) is 0 Å². The Bertz CT molecular complexity index is 852. The minimum atomic E-state index is -0.926. The van der Waals surface area contributed by atoms with Crippen LogP contribution in [0.2, 0.25) is 0 Å². The fourth-order valence-electron chi connectivity index (χ4n) is 3.75. The van der Waals surface area contributed by atoms with E-state index in [4.69, 9.17) is 9.97 Å². The molecular weight excluding hydrogens is 361 g/mol. The average Bonchev–Trinajstić information content (AvgIpc) is 2.73. The molecule has 4 rings (SSSR count). The summed E-state index contributed by atoms with van der Waals surface area (Å²) >= 11 is 0. The van der Waals surface area contributed by atoms with Crippen LogP contribution in [0.4, 0.5) is 21.0 Å². The second-order valence-corrected chi connectivity index (χ2v) is 7.28. The summed E-state index contributed by atoms with van der Waals surface area (Å²) in [6, 6.07) is 6.37. The third kappa shape index (κ3) is 4.00. The van der Waals surface area contributed by atoms with Gasteiger partial charge in [0.25, 0.3) is 0 Å². The number of halogens is 1. The molecule has 2 aromatic rings. The third-order valence-corrected chi connectivity index (χ3v) is 5.34. The van der Waals surface area contributed by atoms with Gasteiger partial charge in [-0.05, 0) is 43.4 Å². The van der Waals surface area contributed by atoms with Crippen LogP contribution in [0.25, 0.3) is 0 Å². The highest BCUT2D eigenvalue weighted by Gasteiger charge is 2.26. The van der Waals surface area contributed by atoms with Crippen LogP contribution in [-0.2, 0) is 19.5 Å². The first-order valence-electron chi connectivity index (χ1n) is 9.71. The van der Waals surface area contributed by atoms with Crippen LogP contribution in [0.1, 0.15) is 36.1 Å². The second-order valence-electron chi connectivity index (χ2n) is 7.28. The predicted molar refractivity (Wildman–Crippen MR) is 104 cm³/mol. The lowest BCUT2D eigenvalue weighted by Gasteiger charge is -2.31. The summed E-state index contributed by atoms with van der Waals surface area (Å²) in [5.41, 5.74) is 2.70. The molecule has 1 amide bonds. The van der Waals surface area contributed by atoms with E-state index < -0.39 is 6.09 Å². The predicted octanol–water partition coefficient (Wildman–Crippen LogP) is 3.25.